The van der Waals surface area contributed by atoms with Crippen molar-refractivity contribution in [1.29, 1.82) is 0 Å². The van der Waals surface area contributed by atoms with E-state index < -0.39 is 15.8 Å². The third-order valence-electron chi connectivity index (χ3n) is 8.57. The molecule has 2 saturated heterocycles. The molecule has 8 nitrogen and oxygen atoms in total. The van der Waals surface area contributed by atoms with E-state index in [0.29, 0.717) is 30.8 Å². The summed E-state index contributed by atoms with van der Waals surface area (Å²) in [7, 11) is -1.69. The third kappa shape index (κ3) is 4.42. The van der Waals surface area contributed by atoms with Crippen LogP contribution >= 0.6 is 11.3 Å². The Hall–Kier alpha value is -2.63. The Balaban J connectivity index is 1.31. The number of hydrogen-bond donors (Lipinski definition) is 0. The molecular weight excluding hydrogens is 532 g/mol. The van der Waals surface area contributed by atoms with Gasteiger partial charge in [-0.3, -0.25) is 4.90 Å². The molecule has 1 spiro atoms. The van der Waals surface area contributed by atoms with E-state index in [9.17, 15) is 8.42 Å². The number of aromatic nitrogens is 3. The molecule has 5 heterocycles. The van der Waals surface area contributed by atoms with Crippen molar-refractivity contribution in [2.45, 2.75) is 61.2 Å². The summed E-state index contributed by atoms with van der Waals surface area (Å²) >= 11 is 1.65. The number of rotatable bonds is 5. The predicted octanol–water partition coefficient (Wildman–Crippen LogP) is 5.56. The molecule has 3 fully saturated rings. The summed E-state index contributed by atoms with van der Waals surface area (Å²) in [5.74, 6) is -0.100. The van der Waals surface area contributed by atoms with Gasteiger partial charge >= 0.3 is 0 Å². The molecule has 0 radical (unpaired) electrons. The minimum absolute atomic E-state index is 0.236. The van der Waals surface area contributed by atoms with Crippen molar-refractivity contribution in [2.24, 2.45) is 0 Å². The summed E-state index contributed by atoms with van der Waals surface area (Å²) in [6, 6.07) is 11.0. The average molecular weight is 565 g/mol. The fraction of sp³-hybridized carbons (Fsp3) is 0.448. The van der Waals surface area contributed by atoms with Gasteiger partial charge in [0.1, 0.15) is 5.01 Å². The Bertz CT molecular complexity index is 1600. The van der Waals surface area contributed by atoms with Crippen LogP contribution in [-0.4, -0.2) is 59.9 Å². The number of likely N-dealkylation sites (tertiary alicyclic amines) is 1. The van der Waals surface area contributed by atoms with Crippen LogP contribution in [0.25, 0.3) is 22.3 Å². The van der Waals surface area contributed by atoms with Crippen molar-refractivity contribution in [3.05, 3.63) is 64.7 Å². The Morgan fingerprint density at radius 3 is 2.56 bits per heavy atom. The zero-order valence-electron chi connectivity index (χ0n) is 22.0. The van der Waals surface area contributed by atoms with Gasteiger partial charge in [0.25, 0.3) is 10.0 Å². The van der Waals surface area contributed by atoms with Crippen LogP contribution in [0.3, 0.4) is 0 Å². The summed E-state index contributed by atoms with van der Waals surface area (Å²) in [5, 5.41) is 3.95. The van der Waals surface area contributed by atoms with Crippen LogP contribution in [-0.2, 0) is 19.5 Å². The molecule has 0 bridgehead atoms. The molecule has 3 aromatic heterocycles. The average Bonchev–Trinajstić information content (AvgIpc) is 3.76. The lowest BCUT2D eigenvalue weighted by Crippen LogP contribution is -2.34. The van der Waals surface area contributed by atoms with E-state index in [4.69, 9.17) is 19.4 Å². The van der Waals surface area contributed by atoms with Gasteiger partial charge in [0.05, 0.1) is 29.8 Å². The zero-order chi connectivity index (χ0) is 26.6. The van der Waals surface area contributed by atoms with E-state index >= 15 is 0 Å². The fourth-order valence-electron chi connectivity index (χ4n) is 6.38. The van der Waals surface area contributed by atoms with Crippen LogP contribution in [0.2, 0.25) is 0 Å². The predicted molar refractivity (Wildman–Crippen MR) is 150 cm³/mol. The van der Waals surface area contributed by atoms with Gasteiger partial charge in [0.15, 0.2) is 11.4 Å². The molecule has 3 aliphatic rings. The van der Waals surface area contributed by atoms with Gasteiger partial charge in [-0.25, -0.2) is 22.4 Å². The first-order valence-corrected chi connectivity index (χ1v) is 16.0. The highest BCUT2D eigenvalue weighted by Gasteiger charge is 2.40. The van der Waals surface area contributed by atoms with Gasteiger partial charge in [-0.2, -0.15) is 0 Å². The van der Waals surface area contributed by atoms with Gasteiger partial charge in [-0.05, 0) is 69.0 Å². The quantitative estimate of drug-likeness (QED) is 0.314. The van der Waals surface area contributed by atoms with Crippen LogP contribution in [0, 0.1) is 0 Å². The monoisotopic (exact) mass is 564 g/mol. The van der Waals surface area contributed by atoms with E-state index in [1.807, 2.05) is 12.3 Å². The summed E-state index contributed by atoms with van der Waals surface area (Å²) < 4.78 is 40.7. The number of fused-ring (bicyclic) bond motifs is 1. The molecule has 1 unspecified atom stereocenters. The number of benzene rings is 1. The van der Waals surface area contributed by atoms with Crippen molar-refractivity contribution < 1.29 is 17.9 Å². The molecule has 1 aliphatic carbocycles. The first kappa shape index (κ1) is 25.3. The van der Waals surface area contributed by atoms with Crippen LogP contribution in [0.15, 0.2) is 59.1 Å². The molecule has 204 valence electrons. The van der Waals surface area contributed by atoms with E-state index in [-0.39, 0.29) is 4.90 Å². The van der Waals surface area contributed by atoms with Gasteiger partial charge in [-0.15, -0.1) is 11.3 Å². The second kappa shape index (κ2) is 9.78. The molecule has 2 aliphatic heterocycles. The van der Waals surface area contributed by atoms with Crippen molar-refractivity contribution in [2.75, 3.05) is 26.8 Å². The highest BCUT2D eigenvalue weighted by molar-refractivity contribution is 7.90. The Labute approximate surface area is 232 Å². The maximum atomic E-state index is 13.8. The summed E-state index contributed by atoms with van der Waals surface area (Å²) in [6.07, 6.45) is 9.42. The Morgan fingerprint density at radius 1 is 1.08 bits per heavy atom. The maximum Gasteiger partial charge on any atom is 0.269 e. The lowest BCUT2D eigenvalue weighted by molar-refractivity contribution is -0.178. The second-order valence-corrected chi connectivity index (χ2v) is 13.6. The Morgan fingerprint density at radius 2 is 1.85 bits per heavy atom. The number of pyridine rings is 1. The zero-order valence-corrected chi connectivity index (χ0v) is 23.6. The van der Waals surface area contributed by atoms with Crippen LogP contribution in [0.1, 0.15) is 61.1 Å². The van der Waals surface area contributed by atoms with E-state index in [0.717, 1.165) is 72.3 Å². The molecule has 1 atom stereocenters. The largest absolute Gasteiger partial charge is 0.348 e. The third-order valence-corrected chi connectivity index (χ3v) is 11.2. The summed E-state index contributed by atoms with van der Waals surface area (Å²) in [5.41, 5.74) is 3.16. The molecule has 1 saturated carbocycles. The van der Waals surface area contributed by atoms with Crippen LogP contribution in [0.5, 0.6) is 0 Å². The summed E-state index contributed by atoms with van der Waals surface area (Å²) in [6.45, 7) is 2.40. The molecule has 1 aromatic carbocycles. The number of thiazole rings is 1. The highest BCUT2D eigenvalue weighted by atomic mass is 32.2. The first-order valence-electron chi connectivity index (χ1n) is 13.7. The van der Waals surface area contributed by atoms with E-state index in [2.05, 4.69) is 23.4 Å². The molecule has 10 heteroatoms. The molecule has 7 rings (SSSR count). The molecule has 0 amide bonds. The van der Waals surface area contributed by atoms with Crippen molar-refractivity contribution in [3.63, 3.8) is 0 Å². The van der Waals surface area contributed by atoms with Gasteiger partial charge in [0, 0.05) is 41.6 Å². The van der Waals surface area contributed by atoms with E-state index in [1.54, 1.807) is 41.8 Å². The number of nitrogens with zero attached hydrogens (tertiary/aromatic N) is 4. The summed E-state index contributed by atoms with van der Waals surface area (Å²) in [4.78, 5) is 12.4. The lowest BCUT2D eigenvalue weighted by Gasteiger charge is -2.35. The van der Waals surface area contributed by atoms with Crippen molar-refractivity contribution in [3.8, 4) is 11.3 Å². The van der Waals surface area contributed by atoms with Gasteiger partial charge in [-0.1, -0.05) is 18.2 Å². The minimum Gasteiger partial charge on any atom is -0.348 e. The van der Waals surface area contributed by atoms with E-state index in [1.165, 1.54) is 3.97 Å². The topological polar surface area (TPSA) is 86.6 Å². The molecular formula is C29H32N4O4S2. The first-order chi connectivity index (χ1) is 18.9. The Kier molecular flexibility index (Phi) is 6.35. The van der Waals surface area contributed by atoms with Crippen LogP contribution in [0.4, 0.5) is 0 Å². The molecule has 0 N–H and O–H groups in total. The van der Waals surface area contributed by atoms with Crippen molar-refractivity contribution in [1.82, 2.24) is 18.8 Å². The second-order valence-electron chi connectivity index (χ2n) is 10.9. The minimum atomic E-state index is -3.83. The molecule has 39 heavy (non-hydrogen) atoms. The highest BCUT2D eigenvalue weighted by Crippen LogP contribution is 2.44. The van der Waals surface area contributed by atoms with Gasteiger partial charge in [0.2, 0.25) is 0 Å². The van der Waals surface area contributed by atoms with Crippen molar-refractivity contribution >= 4 is 32.4 Å². The standard InChI is InChI=1S/C29H32N4O4S2/c1-32-13-5-8-26(32)28-31-25(19-38-28)24-18-33(39(34,35)22-6-3-2-4-7-22)27-23(24)16-21(17-30-27)20-9-11-29(12-10-20)36-14-15-37-29/h2-4,6-7,16-20,26H,5,8-15H2,1H3. The maximum absolute atomic E-state index is 13.8. The van der Waals surface area contributed by atoms with Crippen LogP contribution < -0.4 is 0 Å². The van der Waals surface area contributed by atoms with Gasteiger partial charge < -0.3 is 9.47 Å². The number of ether oxygens (including phenoxy) is 2. The normalized spacial score (nSPS) is 22.3. The lowest BCUT2D eigenvalue weighted by atomic mass is 9.81. The number of hydrogen-bond acceptors (Lipinski definition) is 8. The molecule has 4 aromatic rings. The SMILES string of the molecule is CN1CCCC1c1nc(-c2cn(S(=O)(=O)c3ccccc3)c3ncc(C4CCC5(CC4)OCCO5)cc23)cs1. The smallest absolute Gasteiger partial charge is 0.269 e. The fourth-order valence-corrected chi connectivity index (χ4v) is 8.74.